The number of nitrogens with two attached hydrogens (primary N) is 1. The van der Waals surface area contributed by atoms with E-state index in [-0.39, 0.29) is 17.3 Å². The largest absolute Gasteiger partial charge is 0.380 e. The molecule has 1 aliphatic heterocycles. The van der Waals surface area contributed by atoms with Crippen LogP contribution in [-0.2, 0) is 16.6 Å². The van der Waals surface area contributed by atoms with Gasteiger partial charge in [-0.2, -0.15) is 9.97 Å². The van der Waals surface area contributed by atoms with E-state index in [9.17, 15) is 4.79 Å². The zero-order valence-corrected chi connectivity index (χ0v) is 24.3. The minimum absolute atomic E-state index is 0.0248. The second-order valence-corrected chi connectivity index (χ2v) is 11.5. The highest BCUT2D eigenvalue weighted by molar-refractivity contribution is 6.05. The molecule has 0 unspecified atom stereocenters. The second-order valence-electron chi connectivity index (χ2n) is 11.5. The van der Waals surface area contributed by atoms with Gasteiger partial charge < -0.3 is 20.7 Å². The number of benzene rings is 3. The predicted octanol–water partition coefficient (Wildman–Crippen LogP) is 5.80. The van der Waals surface area contributed by atoms with E-state index >= 15 is 0 Å². The highest BCUT2D eigenvalue weighted by Crippen LogP contribution is 2.28. The molecule has 3 aromatic carbocycles. The average Bonchev–Trinajstić information content (AvgIpc) is 3.24. The number of aromatic nitrogens is 3. The number of hydrogen-bond acceptors (Lipinski definition) is 7. The van der Waals surface area contributed by atoms with E-state index in [1.54, 1.807) is 0 Å². The van der Waals surface area contributed by atoms with Crippen molar-refractivity contribution in [1.82, 2.24) is 15.0 Å². The molecule has 212 valence electrons. The van der Waals surface area contributed by atoms with Crippen molar-refractivity contribution in [3.05, 3.63) is 94.8 Å². The Morgan fingerprint density at radius 2 is 1.71 bits per heavy atom. The Morgan fingerprint density at radius 3 is 2.44 bits per heavy atom. The van der Waals surface area contributed by atoms with Gasteiger partial charge in [-0.3, -0.25) is 4.79 Å². The summed E-state index contributed by atoms with van der Waals surface area (Å²) < 4.78 is 5.58. The lowest BCUT2D eigenvalue weighted by Crippen LogP contribution is -2.25. The quantitative estimate of drug-likeness (QED) is 0.313. The minimum atomic E-state index is -0.169. The van der Waals surface area contributed by atoms with E-state index < -0.39 is 0 Å². The van der Waals surface area contributed by atoms with Crippen LogP contribution in [0.2, 0.25) is 0 Å². The van der Waals surface area contributed by atoms with Crippen LogP contribution in [0.3, 0.4) is 0 Å². The molecule has 8 nitrogen and oxygen atoms in total. The van der Waals surface area contributed by atoms with Gasteiger partial charge >= 0.3 is 0 Å². The summed E-state index contributed by atoms with van der Waals surface area (Å²) in [7, 11) is 0. The highest BCUT2D eigenvalue weighted by Gasteiger charge is 2.17. The number of amides is 1. The van der Waals surface area contributed by atoms with Gasteiger partial charge in [-0.25, -0.2) is 4.98 Å². The van der Waals surface area contributed by atoms with Crippen molar-refractivity contribution in [3.8, 4) is 11.4 Å². The van der Waals surface area contributed by atoms with Gasteiger partial charge in [-0.1, -0.05) is 57.2 Å². The van der Waals surface area contributed by atoms with Crippen molar-refractivity contribution >= 4 is 23.2 Å². The highest BCUT2D eigenvalue weighted by atomic mass is 16.5. The van der Waals surface area contributed by atoms with E-state index in [2.05, 4.69) is 65.2 Å². The van der Waals surface area contributed by atoms with Crippen LogP contribution in [0.4, 0.5) is 17.3 Å². The molecule has 1 aromatic heterocycles. The maximum absolute atomic E-state index is 13.0. The fraction of sp³-hybridized carbons (Fsp3) is 0.333. The van der Waals surface area contributed by atoms with Crippen molar-refractivity contribution < 1.29 is 9.53 Å². The van der Waals surface area contributed by atoms with Crippen LogP contribution in [0.5, 0.6) is 0 Å². The molecule has 1 amide bonds. The lowest BCUT2D eigenvalue weighted by atomic mass is 9.86. The molecule has 1 fully saturated rings. The van der Waals surface area contributed by atoms with E-state index in [1.807, 2.05) is 49.4 Å². The molecule has 0 saturated carbocycles. The van der Waals surface area contributed by atoms with Crippen molar-refractivity contribution in [3.63, 3.8) is 0 Å². The Balaban J connectivity index is 1.33. The van der Waals surface area contributed by atoms with Gasteiger partial charge in [0, 0.05) is 48.6 Å². The summed E-state index contributed by atoms with van der Waals surface area (Å²) in [5, 5.41) is 3.05. The van der Waals surface area contributed by atoms with E-state index in [1.165, 1.54) is 11.3 Å². The number of hydrogen-bond donors (Lipinski definition) is 2. The molecule has 41 heavy (non-hydrogen) atoms. The summed E-state index contributed by atoms with van der Waals surface area (Å²) in [6.45, 7) is 11.9. The van der Waals surface area contributed by atoms with Gasteiger partial charge in [-0.05, 0) is 65.8 Å². The van der Waals surface area contributed by atoms with E-state index in [4.69, 9.17) is 15.5 Å². The molecule has 0 atom stereocenters. The molecule has 5 rings (SSSR count). The van der Waals surface area contributed by atoms with Crippen LogP contribution in [0.1, 0.15) is 60.1 Å². The molecule has 0 aliphatic carbocycles. The van der Waals surface area contributed by atoms with Crippen LogP contribution in [0, 0.1) is 6.92 Å². The minimum Gasteiger partial charge on any atom is -0.380 e. The maximum atomic E-state index is 13.0. The molecule has 0 radical (unpaired) electrons. The first kappa shape index (κ1) is 28.2. The van der Waals surface area contributed by atoms with Gasteiger partial charge in [0.2, 0.25) is 5.95 Å². The van der Waals surface area contributed by atoms with E-state index in [0.29, 0.717) is 29.3 Å². The number of nitrogens with zero attached hydrogens (tertiary/aromatic N) is 4. The topological polar surface area (TPSA) is 106 Å². The third kappa shape index (κ3) is 6.89. The standard InChI is InChI=1S/C33H38N6O2/c1-22-27(7-5-8-28(22)35-31(40)24-11-13-25(14-12-24)33(2,3)4)30-36-29(37-32(34)38-30)21-23-9-15-26(16-10-23)39-17-6-19-41-20-18-39/h5,7-16H,6,17-21H2,1-4H3,(H,35,40)(H2,34,36,37,38). The molecule has 0 bridgehead atoms. The third-order valence-corrected chi connectivity index (χ3v) is 7.42. The first-order valence-corrected chi connectivity index (χ1v) is 14.1. The molecule has 1 aliphatic rings. The van der Waals surface area contributed by atoms with Crippen molar-refractivity contribution in [2.45, 2.75) is 46.0 Å². The lowest BCUT2D eigenvalue weighted by molar-refractivity contribution is 0.102. The van der Waals surface area contributed by atoms with Crippen LogP contribution in [0.15, 0.2) is 66.7 Å². The summed E-state index contributed by atoms with van der Waals surface area (Å²) in [5.41, 5.74) is 12.6. The Morgan fingerprint density at radius 1 is 0.951 bits per heavy atom. The average molecular weight is 551 g/mol. The van der Waals surface area contributed by atoms with E-state index in [0.717, 1.165) is 49.4 Å². The summed E-state index contributed by atoms with van der Waals surface area (Å²) in [6.07, 6.45) is 1.56. The third-order valence-electron chi connectivity index (χ3n) is 7.42. The number of nitrogen functional groups attached to an aromatic ring is 1. The monoisotopic (exact) mass is 550 g/mol. The molecule has 2 heterocycles. The normalized spacial score (nSPS) is 14.0. The van der Waals surface area contributed by atoms with Gasteiger partial charge in [0.1, 0.15) is 5.82 Å². The van der Waals surface area contributed by atoms with Crippen molar-refractivity contribution in [1.29, 1.82) is 0 Å². The lowest BCUT2D eigenvalue weighted by Gasteiger charge is -2.22. The fourth-order valence-corrected chi connectivity index (χ4v) is 4.98. The summed E-state index contributed by atoms with van der Waals surface area (Å²) in [4.78, 5) is 29.0. The summed E-state index contributed by atoms with van der Waals surface area (Å²) in [5.74, 6) is 1.07. The van der Waals surface area contributed by atoms with Gasteiger partial charge in [0.25, 0.3) is 5.91 Å². The summed E-state index contributed by atoms with van der Waals surface area (Å²) >= 11 is 0. The SMILES string of the molecule is Cc1c(NC(=O)c2ccc(C(C)(C)C)cc2)cccc1-c1nc(N)nc(Cc2ccc(N3CCCOCC3)cc2)n1. The zero-order chi connectivity index (χ0) is 29.0. The predicted molar refractivity (Wildman–Crippen MR) is 164 cm³/mol. The van der Waals surface area contributed by atoms with Crippen molar-refractivity contribution in [2.24, 2.45) is 0 Å². The molecule has 1 saturated heterocycles. The molecule has 3 N–H and O–H groups in total. The first-order chi connectivity index (χ1) is 19.7. The Hall–Kier alpha value is -4.30. The zero-order valence-electron chi connectivity index (χ0n) is 24.3. The Bertz CT molecular complexity index is 1500. The Kier molecular flexibility index (Phi) is 8.31. The number of nitrogens with one attached hydrogen (secondary N) is 1. The first-order valence-electron chi connectivity index (χ1n) is 14.1. The van der Waals surface area contributed by atoms with Gasteiger partial charge in [-0.15, -0.1) is 0 Å². The number of carbonyl (C=O) groups is 1. The van der Waals surface area contributed by atoms with Gasteiger partial charge in [0.05, 0.1) is 6.61 Å². The van der Waals surface area contributed by atoms with Crippen LogP contribution in [-0.4, -0.2) is 47.2 Å². The number of anilines is 3. The van der Waals surface area contributed by atoms with Crippen molar-refractivity contribution in [2.75, 3.05) is 42.3 Å². The molecule has 4 aromatic rings. The number of rotatable bonds is 6. The fourth-order valence-electron chi connectivity index (χ4n) is 4.98. The number of carbonyl (C=O) groups excluding carboxylic acids is 1. The van der Waals surface area contributed by atoms with Crippen LogP contribution in [0.25, 0.3) is 11.4 Å². The maximum Gasteiger partial charge on any atom is 0.255 e. The smallest absolute Gasteiger partial charge is 0.255 e. The number of ether oxygens (including phenoxy) is 1. The van der Waals surface area contributed by atoms with Crippen LogP contribution >= 0.6 is 0 Å². The Labute approximate surface area is 242 Å². The molecular formula is C33H38N6O2. The summed E-state index contributed by atoms with van der Waals surface area (Å²) in [6, 6.07) is 21.9. The van der Waals surface area contributed by atoms with Gasteiger partial charge in [0.15, 0.2) is 5.82 Å². The molecule has 8 heteroatoms. The molecular weight excluding hydrogens is 512 g/mol. The second kappa shape index (κ2) is 12.1. The van der Waals surface area contributed by atoms with Crippen LogP contribution < -0.4 is 16.0 Å². The molecule has 0 spiro atoms.